The standard InChI is InChI=1S/C29H39NO10/c1-15(31)25(26(37)38)30-22(35)6-7-23(36)40-14-21(34)29(39)11-9-19-18-5-4-16-12-17(32)8-10-27(16,2)24(18)20(33)13-28(19,29)3/h8,10,12,15,18-20,24-25,31,33,39H,4-7,9,11,13-14H2,1-3H3,(H,30,35)(H,37,38)/t15-,18-,19-,20+,24+,25+,27-,28-,29+/m0/s1. The highest BCUT2D eigenvalue weighted by atomic mass is 16.5. The van der Waals surface area contributed by atoms with Crippen molar-refractivity contribution in [2.75, 3.05) is 6.61 Å². The summed E-state index contributed by atoms with van der Waals surface area (Å²) in [7, 11) is 0. The lowest BCUT2D eigenvalue weighted by Crippen LogP contribution is -2.61. The molecule has 4 aliphatic rings. The Bertz CT molecular complexity index is 1160. The van der Waals surface area contributed by atoms with E-state index in [1.165, 1.54) is 6.92 Å². The third kappa shape index (κ3) is 5.03. The molecule has 4 aliphatic carbocycles. The number of esters is 1. The SMILES string of the molecule is C[C@H](O)[C@@H](NC(=O)CCC(=O)OCC(=O)[C@]1(O)CC[C@H]2[C@@H]3CCC4=CC(=O)C=C[C@]4(C)[C@H]3[C@H](O)C[C@@]21C)C(=O)O. The second-order valence-electron chi connectivity index (χ2n) is 12.3. The molecule has 0 aliphatic heterocycles. The largest absolute Gasteiger partial charge is 0.480 e. The zero-order chi connectivity index (χ0) is 29.6. The number of ketones is 2. The number of allylic oxidation sites excluding steroid dienone is 4. The molecule has 0 aromatic heterocycles. The van der Waals surface area contributed by atoms with Gasteiger partial charge in [-0.05, 0) is 63.0 Å². The first-order valence-corrected chi connectivity index (χ1v) is 13.9. The Morgan fingerprint density at radius 2 is 1.88 bits per heavy atom. The molecule has 220 valence electrons. The quantitative estimate of drug-likeness (QED) is 0.252. The molecule has 3 fully saturated rings. The second-order valence-corrected chi connectivity index (χ2v) is 12.3. The van der Waals surface area contributed by atoms with Gasteiger partial charge in [0.2, 0.25) is 11.7 Å². The van der Waals surface area contributed by atoms with Gasteiger partial charge in [0.15, 0.2) is 18.4 Å². The number of Topliss-reactive ketones (excluding diaryl/α,β-unsaturated/α-hetero) is 1. The first-order chi connectivity index (χ1) is 18.6. The third-order valence-electron chi connectivity index (χ3n) is 10.1. The maximum atomic E-state index is 13.3. The Kier molecular flexibility index (Phi) is 8.14. The predicted octanol–water partition coefficient (Wildman–Crippen LogP) is 0.839. The zero-order valence-electron chi connectivity index (χ0n) is 23.1. The van der Waals surface area contributed by atoms with Crippen LogP contribution in [0.3, 0.4) is 0 Å². The number of aliphatic hydroxyl groups is 3. The number of rotatable bonds is 9. The van der Waals surface area contributed by atoms with Gasteiger partial charge in [-0.25, -0.2) is 4.79 Å². The van der Waals surface area contributed by atoms with Gasteiger partial charge in [-0.3, -0.25) is 19.2 Å². The number of carbonyl (C=O) groups is 5. The lowest BCUT2D eigenvalue weighted by molar-refractivity contribution is -0.181. The minimum atomic E-state index is -1.80. The molecular formula is C29H39NO10. The van der Waals surface area contributed by atoms with E-state index in [9.17, 15) is 39.3 Å². The molecule has 0 saturated heterocycles. The maximum absolute atomic E-state index is 13.3. The number of fused-ring (bicyclic) bond motifs is 5. The van der Waals surface area contributed by atoms with Crippen LogP contribution in [0.25, 0.3) is 0 Å². The molecule has 40 heavy (non-hydrogen) atoms. The van der Waals surface area contributed by atoms with Crippen molar-refractivity contribution < 1.29 is 49.1 Å². The molecule has 4 rings (SSSR count). The van der Waals surface area contributed by atoms with E-state index in [1.54, 1.807) is 12.2 Å². The monoisotopic (exact) mass is 561 g/mol. The molecule has 0 bridgehead atoms. The predicted molar refractivity (Wildman–Crippen MR) is 139 cm³/mol. The fraction of sp³-hybridized carbons (Fsp3) is 0.690. The molecule has 0 unspecified atom stereocenters. The lowest BCUT2D eigenvalue weighted by atomic mass is 9.46. The van der Waals surface area contributed by atoms with Crippen LogP contribution in [0.15, 0.2) is 23.8 Å². The van der Waals surface area contributed by atoms with Gasteiger partial charge in [-0.1, -0.05) is 25.5 Å². The summed E-state index contributed by atoms with van der Waals surface area (Å²) in [6.07, 6.45) is 4.52. The van der Waals surface area contributed by atoms with Crippen LogP contribution in [-0.4, -0.2) is 80.3 Å². The van der Waals surface area contributed by atoms with Crippen LogP contribution in [0.4, 0.5) is 0 Å². The van der Waals surface area contributed by atoms with Crippen LogP contribution in [0.1, 0.15) is 65.7 Å². The molecule has 9 atom stereocenters. The van der Waals surface area contributed by atoms with Crippen molar-refractivity contribution in [2.24, 2.45) is 28.6 Å². The number of aliphatic carboxylic acids is 1. The number of nitrogens with one attached hydrogen (secondary N) is 1. The molecule has 11 nitrogen and oxygen atoms in total. The topological polar surface area (TPSA) is 188 Å². The fourth-order valence-electron chi connectivity index (χ4n) is 7.98. The Balaban J connectivity index is 1.38. The highest BCUT2D eigenvalue weighted by Crippen LogP contribution is 2.67. The first kappa shape index (κ1) is 30.1. The van der Waals surface area contributed by atoms with Gasteiger partial charge < -0.3 is 30.5 Å². The number of amides is 1. The van der Waals surface area contributed by atoms with Gasteiger partial charge in [0.25, 0.3) is 0 Å². The second kappa shape index (κ2) is 10.8. The number of ether oxygens (including phenoxy) is 1. The van der Waals surface area contributed by atoms with Crippen molar-refractivity contribution in [2.45, 2.75) is 89.6 Å². The molecule has 0 aromatic carbocycles. The molecular weight excluding hydrogens is 522 g/mol. The number of aliphatic hydroxyl groups excluding tert-OH is 2. The fourth-order valence-corrected chi connectivity index (χ4v) is 7.98. The summed E-state index contributed by atoms with van der Waals surface area (Å²) in [4.78, 5) is 60.6. The smallest absolute Gasteiger partial charge is 0.328 e. The maximum Gasteiger partial charge on any atom is 0.328 e. The van der Waals surface area contributed by atoms with E-state index >= 15 is 0 Å². The van der Waals surface area contributed by atoms with Crippen molar-refractivity contribution in [1.29, 1.82) is 0 Å². The Labute approximate surface area is 232 Å². The van der Waals surface area contributed by atoms with Crippen molar-refractivity contribution in [3.63, 3.8) is 0 Å². The van der Waals surface area contributed by atoms with Crippen molar-refractivity contribution in [3.8, 4) is 0 Å². The summed E-state index contributed by atoms with van der Waals surface area (Å²) in [5.74, 6) is -3.93. The molecule has 0 radical (unpaired) electrons. The Hall–Kier alpha value is -2.89. The van der Waals surface area contributed by atoms with E-state index in [0.29, 0.717) is 12.8 Å². The van der Waals surface area contributed by atoms with Gasteiger partial charge in [-0.2, -0.15) is 0 Å². The summed E-state index contributed by atoms with van der Waals surface area (Å²) >= 11 is 0. The van der Waals surface area contributed by atoms with Crippen LogP contribution in [0.2, 0.25) is 0 Å². The van der Waals surface area contributed by atoms with Gasteiger partial charge >= 0.3 is 11.9 Å². The molecule has 11 heteroatoms. The first-order valence-electron chi connectivity index (χ1n) is 13.9. The van der Waals surface area contributed by atoms with Gasteiger partial charge in [-0.15, -0.1) is 0 Å². The van der Waals surface area contributed by atoms with Crippen LogP contribution in [-0.2, 0) is 28.7 Å². The highest BCUT2D eigenvalue weighted by Gasteiger charge is 2.68. The van der Waals surface area contributed by atoms with Gasteiger partial charge in [0.05, 0.1) is 18.6 Å². The average Bonchev–Trinajstić information content (AvgIpc) is 3.15. The summed E-state index contributed by atoms with van der Waals surface area (Å²) in [6.45, 7) is 4.39. The summed E-state index contributed by atoms with van der Waals surface area (Å²) in [5.41, 5.74) is -2.19. The van der Waals surface area contributed by atoms with Gasteiger partial charge in [0.1, 0.15) is 5.60 Å². The molecule has 5 N–H and O–H groups in total. The molecule has 0 aromatic rings. The van der Waals surface area contributed by atoms with Crippen LogP contribution < -0.4 is 5.32 Å². The molecule has 0 heterocycles. The van der Waals surface area contributed by atoms with Crippen molar-refractivity contribution in [3.05, 3.63) is 23.8 Å². The average molecular weight is 562 g/mol. The van der Waals surface area contributed by atoms with Crippen molar-refractivity contribution in [1.82, 2.24) is 5.32 Å². The lowest BCUT2D eigenvalue weighted by Gasteiger charge is -2.59. The number of hydrogen-bond donors (Lipinski definition) is 5. The van der Waals surface area contributed by atoms with E-state index < -0.39 is 77.8 Å². The minimum Gasteiger partial charge on any atom is -0.480 e. The number of carboxylic acid groups (broad SMARTS) is 1. The van der Waals surface area contributed by atoms with E-state index in [1.807, 2.05) is 19.9 Å². The summed E-state index contributed by atoms with van der Waals surface area (Å²) < 4.78 is 5.08. The minimum absolute atomic E-state index is 0.0351. The zero-order valence-corrected chi connectivity index (χ0v) is 23.1. The molecule has 0 spiro atoms. The van der Waals surface area contributed by atoms with E-state index in [2.05, 4.69) is 5.32 Å². The number of hydrogen-bond acceptors (Lipinski definition) is 9. The molecule has 1 amide bonds. The van der Waals surface area contributed by atoms with E-state index in [0.717, 1.165) is 12.0 Å². The van der Waals surface area contributed by atoms with Gasteiger partial charge in [0, 0.05) is 23.2 Å². The molecule has 3 saturated carbocycles. The van der Waals surface area contributed by atoms with Crippen LogP contribution in [0, 0.1) is 28.6 Å². The highest BCUT2D eigenvalue weighted by molar-refractivity contribution is 6.01. The third-order valence-corrected chi connectivity index (χ3v) is 10.1. The number of carboxylic acids is 1. The summed E-state index contributed by atoms with van der Waals surface area (Å²) in [5, 5.41) is 43.8. The van der Waals surface area contributed by atoms with Crippen LogP contribution >= 0.6 is 0 Å². The van der Waals surface area contributed by atoms with E-state index in [-0.39, 0.29) is 36.4 Å². The van der Waals surface area contributed by atoms with Crippen molar-refractivity contribution >= 4 is 29.4 Å². The van der Waals surface area contributed by atoms with E-state index in [4.69, 9.17) is 9.84 Å². The van der Waals surface area contributed by atoms with Crippen LogP contribution in [0.5, 0.6) is 0 Å². The number of carbonyl (C=O) groups excluding carboxylic acids is 4. The normalized spacial score (nSPS) is 37.8. The summed E-state index contributed by atoms with van der Waals surface area (Å²) in [6, 6.07) is -1.52. The Morgan fingerprint density at radius 1 is 1.18 bits per heavy atom. The Morgan fingerprint density at radius 3 is 2.52 bits per heavy atom.